The number of hydrogen-bond acceptors (Lipinski definition) is 2. The van der Waals surface area contributed by atoms with Crippen LogP contribution in [0.5, 0.6) is 0 Å². The van der Waals surface area contributed by atoms with Crippen LogP contribution in [0.1, 0.15) is 18.4 Å². The van der Waals surface area contributed by atoms with Crippen molar-refractivity contribution in [3.05, 3.63) is 48.3 Å². The van der Waals surface area contributed by atoms with E-state index in [9.17, 15) is 4.79 Å². The van der Waals surface area contributed by atoms with Gasteiger partial charge in [-0.25, -0.2) is 4.79 Å². The molecule has 0 unspecified atom stereocenters. The number of carbonyl (C=O) groups is 1. The van der Waals surface area contributed by atoms with Gasteiger partial charge in [-0.15, -0.1) is 0 Å². The highest BCUT2D eigenvalue weighted by Crippen LogP contribution is 2.18. The number of nitrogens with one attached hydrogen (secondary N) is 2. The van der Waals surface area contributed by atoms with Crippen LogP contribution in [0.3, 0.4) is 0 Å². The summed E-state index contributed by atoms with van der Waals surface area (Å²) in [4.78, 5) is 11.6. The zero-order chi connectivity index (χ0) is 13.1. The third-order valence-electron chi connectivity index (χ3n) is 2.99. The zero-order valence-electron chi connectivity index (χ0n) is 10.5. The Labute approximate surface area is 111 Å². The number of amides is 2. The van der Waals surface area contributed by atoms with Crippen molar-refractivity contribution < 1.29 is 4.79 Å². The van der Waals surface area contributed by atoms with E-state index in [1.165, 1.54) is 5.56 Å². The van der Waals surface area contributed by atoms with Crippen LogP contribution in [0, 0.1) is 0 Å². The molecule has 1 aliphatic rings. The van der Waals surface area contributed by atoms with E-state index in [2.05, 4.69) is 27.9 Å². The maximum Gasteiger partial charge on any atom is 0.319 e. The second-order valence-corrected chi connectivity index (χ2v) is 4.78. The first-order valence-electron chi connectivity index (χ1n) is 6.43. The Hall–Kier alpha value is -2.30. The van der Waals surface area contributed by atoms with Crippen LogP contribution in [-0.2, 0) is 6.54 Å². The fourth-order valence-corrected chi connectivity index (χ4v) is 1.87. The monoisotopic (exact) mass is 256 g/mol. The van der Waals surface area contributed by atoms with E-state index >= 15 is 0 Å². The van der Waals surface area contributed by atoms with Gasteiger partial charge in [0.15, 0.2) is 0 Å². The predicted octanol–water partition coefficient (Wildman–Crippen LogP) is 2.22. The lowest BCUT2D eigenvalue weighted by molar-refractivity contribution is 0.251. The van der Waals surface area contributed by atoms with E-state index in [0.29, 0.717) is 18.3 Å². The maximum atomic E-state index is 11.6. The second kappa shape index (κ2) is 5.14. The highest BCUT2D eigenvalue weighted by molar-refractivity contribution is 5.89. The fraction of sp³-hybridized carbons (Fsp3) is 0.286. The largest absolute Gasteiger partial charge is 0.335 e. The quantitative estimate of drug-likeness (QED) is 0.881. The van der Waals surface area contributed by atoms with E-state index in [1.807, 2.05) is 29.1 Å². The van der Waals surface area contributed by atoms with Gasteiger partial charge in [-0.05, 0) is 18.4 Å². The summed E-state index contributed by atoms with van der Waals surface area (Å²) in [6.07, 6.45) is 5.66. The molecule has 1 saturated carbocycles. The summed E-state index contributed by atoms with van der Waals surface area (Å²) in [5.41, 5.74) is 1.90. The summed E-state index contributed by atoms with van der Waals surface area (Å²) in [7, 11) is 0. The Balaban J connectivity index is 1.58. The molecule has 0 atom stereocenters. The van der Waals surface area contributed by atoms with Gasteiger partial charge in [0.1, 0.15) is 0 Å². The van der Waals surface area contributed by atoms with Crippen LogP contribution in [0.15, 0.2) is 42.7 Å². The molecule has 1 heterocycles. The molecule has 98 valence electrons. The van der Waals surface area contributed by atoms with Crippen molar-refractivity contribution in [1.82, 2.24) is 15.1 Å². The smallest absolute Gasteiger partial charge is 0.319 e. The van der Waals surface area contributed by atoms with Crippen LogP contribution >= 0.6 is 0 Å². The molecule has 1 aliphatic carbocycles. The highest BCUT2D eigenvalue weighted by Gasteiger charge is 2.23. The van der Waals surface area contributed by atoms with Crippen LogP contribution in [0.4, 0.5) is 10.5 Å². The third kappa shape index (κ3) is 3.34. The van der Waals surface area contributed by atoms with Gasteiger partial charge in [0, 0.05) is 12.2 Å². The number of aromatic nitrogens is 2. The molecule has 5 nitrogen and oxygen atoms in total. The lowest BCUT2D eigenvalue weighted by Crippen LogP contribution is -2.30. The first kappa shape index (κ1) is 11.8. The molecule has 2 aromatic rings. The van der Waals surface area contributed by atoms with Crippen molar-refractivity contribution >= 4 is 11.7 Å². The van der Waals surface area contributed by atoms with E-state index in [4.69, 9.17) is 0 Å². The van der Waals surface area contributed by atoms with Gasteiger partial charge < -0.3 is 10.6 Å². The summed E-state index contributed by atoms with van der Waals surface area (Å²) < 4.78 is 1.81. The van der Waals surface area contributed by atoms with Gasteiger partial charge in [0.05, 0.1) is 18.4 Å². The minimum atomic E-state index is -0.151. The van der Waals surface area contributed by atoms with Crippen molar-refractivity contribution in [2.75, 3.05) is 5.32 Å². The third-order valence-corrected chi connectivity index (χ3v) is 2.99. The number of anilines is 1. The zero-order valence-corrected chi connectivity index (χ0v) is 10.5. The molecule has 0 saturated heterocycles. The van der Waals surface area contributed by atoms with Gasteiger partial charge in [0.2, 0.25) is 0 Å². The molecule has 0 bridgehead atoms. The molecule has 1 aromatic carbocycles. The molecule has 2 amide bonds. The Morgan fingerprint density at radius 1 is 1.32 bits per heavy atom. The molecule has 0 spiro atoms. The number of rotatable bonds is 4. The van der Waals surface area contributed by atoms with Gasteiger partial charge in [-0.1, -0.05) is 30.3 Å². The molecule has 1 fully saturated rings. The first-order valence-corrected chi connectivity index (χ1v) is 6.43. The molecule has 0 radical (unpaired) electrons. The molecule has 5 heteroatoms. The summed E-state index contributed by atoms with van der Waals surface area (Å²) >= 11 is 0. The molecular weight excluding hydrogens is 240 g/mol. The molecule has 2 N–H and O–H groups in total. The highest BCUT2D eigenvalue weighted by atomic mass is 16.2. The van der Waals surface area contributed by atoms with Crippen molar-refractivity contribution in [1.29, 1.82) is 0 Å². The minimum Gasteiger partial charge on any atom is -0.335 e. The first-order chi connectivity index (χ1) is 9.29. The average Bonchev–Trinajstić information content (AvgIpc) is 3.11. The van der Waals surface area contributed by atoms with Gasteiger partial charge in [0.25, 0.3) is 0 Å². The molecule has 0 aliphatic heterocycles. The Morgan fingerprint density at radius 2 is 2.11 bits per heavy atom. The second-order valence-electron chi connectivity index (χ2n) is 4.78. The van der Waals surface area contributed by atoms with E-state index in [-0.39, 0.29) is 6.03 Å². The SMILES string of the molecule is O=C(Nc1cnn(Cc2ccccc2)c1)NC1CC1. The van der Waals surface area contributed by atoms with Crippen molar-refractivity contribution in [2.45, 2.75) is 25.4 Å². The van der Waals surface area contributed by atoms with Crippen LogP contribution in [-0.4, -0.2) is 21.9 Å². The van der Waals surface area contributed by atoms with Gasteiger partial charge in [-0.3, -0.25) is 4.68 Å². The Bertz CT molecular complexity index is 560. The summed E-state index contributed by atoms with van der Waals surface area (Å²) in [6, 6.07) is 10.3. The predicted molar refractivity (Wildman–Crippen MR) is 72.9 cm³/mol. The minimum absolute atomic E-state index is 0.151. The molecule has 19 heavy (non-hydrogen) atoms. The lowest BCUT2D eigenvalue weighted by Gasteiger charge is -2.03. The van der Waals surface area contributed by atoms with Crippen molar-refractivity contribution in [2.24, 2.45) is 0 Å². The van der Waals surface area contributed by atoms with E-state index < -0.39 is 0 Å². The summed E-state index contributed by atoms with van der Waals surface area (Å²) in [5, 5.41) is 9.89. The average molecular weight is 256 g/mol. The Kier molecular flexibility index (Phi) is 3.18. The molecule has 3 rings (SSSR count). The maximum absolute atomic E-state index is 11.6. The standard InChI is InChI=1S/C14H16N4O/c19-14(16-12-6-7-12)17-13-8-15-18(10-13)9-11-4-2-1-3-5-11/h1-5,8,10,12H,6-7,9H2,(H2,16,17,19). The summed E-state index contributed by atoms with van der Waals surface area (Å²) in [6.45, 7) is 0.701. The van der Waals surface area contributed by atoms with Gasteiger partial charge >= 0.3 is 6.03 Å². The Morgan fingerprint density at radius 3 is 2.84 bits per heavy atom. The van der Waals surface area contributed by atoms with Crippen molar-refractivity contribution in [3.8, 4) is 0 Å². The number of benzene rings is 1. The van der Waals surface area contributed by atoms with E-state index in [0.717, 1.165) is 12.8 Å². The van der Waals surface area contributed by atoms with Crippen LogP contribution in [0.25, 0.3) is 0 Å². The fourth-order valence-electron chi connectivity index (χ4n) is 1.87. The normalized spacial score (nSPS) is 14.1. The van der Waals surface area contributed by atoms with Gasteiger partial charge in [-0.2, -0.15) is 5.10 Å². The number of hydrogen-bond donors (Lipinski definition) is 2. The molecule has 1 aromatic heterocycles. The lowest BCUT2D eigenvalue weighted by atomic mass is 10.2. The topological polar surface area (TPSA) is 59.0 Å². The van der Waals surface area contributed by atoms with E-state index in [1.54, 1.807) is 6.20 Å². The summed E-state index contributed by atoms with van der Waals surface area (Å²) in [5.74, 6) is 0. The van der Waals surface area contributed by atoms with Crippen LogP contribution < -0.4 is 10.6 Å². The number of nitrogens with zero attached hydrogens (tertiary/aromatic N) is 2. The molecular formula is C14H16N4O. The van der Waals surface area contributed by atoms with Crippen LogP contribution in [0.2, 0.25) is 0 Å². The van der Waals surface area contributed by atoms with Crippen molar-refractivity contribution in [3.63, 3.8) is 0 Å². The number of urea groups is 1. The number of carbonyl (C=O) groups excluding carboxylic acids is 1.